The molecule has 1 saturated carbocycles. The lowest BCUT2D eigenvalue weighted by Crippen LogP contribution is -2.27. The molecule has 1 heterocycles. The quantitative estimate of drug-likeness (QED) is 0.863. The van der Waals surface area contributed by atoms with Crippen LogP contribution in [-0.2, 0) is 5.41 Å². The summed E-state index contributed by atoms with van der Waals surface area (Å²) >= 11 is 0. The molecule has 2 rings (SSSR count). The van der Waals surface area contributed by atoms with Crippen LogP contribution in [0.5, 0.6) is 0 Å². The van der Waals surface area contributed by atoms with Crippen LogP contribution in [0.3, 0.4) is 0 Å². The van der Waals surface area contributed by atoms with Crippen LogP contribution in [0.2, 0.25) is 0 Å². The molecule has 0 bridgehead atoms. The Balaban J connectivity index is 2.16. The lowest BCUT2D eigenvalue weighted by Gasteiger charge is -2.14. The minimum atomic E-state index is 0.267. The van der Waals surface area contributed by atoms with Crippen LogP contribution >= 0.6 is 0 Å². The van der Waals surface area contributed by atoms with Crippen LogP contribution in [-0.4, -0.2) is 17.6 Å². The Bertz CT molecular complexity index is 383. The molecule has 2 heteroatoms. The molecule has 1 aromatic rings. The molecule has 1 aliphatic rings. The summed E-state index contributed by atoms with van der Waals surface area (Å²) < 4.78 is 0. The van der Waals surface area contributed by atoms with Crippen molar-refractivity contribution in [3.05, 3.63) is 30.1 Å². The van der Waals surface area contributed by atoms with E-state index in [1.807, 2.05) is 18.5 Å². The Hall–Kier alpha value is -0.890. The molecule has 0 saturated heterocycles. The molecule has 1 fully saturated rings. The SMILES string of the molecule is CC(C)NCC1C(C)(C)C1(C)c1cccnc1. The van der Waals surface area contributed by atoms with Crippen molar-refractivity contribution in [2.45, 2.75) is 46.1 Å². The van der Waals surface area contributed by atoms with Gasteiger partial charge in [-0.25, -0.2) is 0 Å². The lowest BCUT2D eigenvalue weighted by molar-refractivity contribution is 0.489. The molecular formula is C15H24N2. The van der Waals surface area contributed by atoms with Crippen molar-refractivity contribution >= 4 is 0 Å². The van der Waals surface area contributed by atoms with Gasteiger partial charge in [-0.1, -0.05) is 40.7 Å². The topological polar surface area (TPSA) is 24.9 Å². The summed E-state index contributed by atoms with van der Waals surface area (Å²) in [4.78, 5) is 4.27. The van der Waals surface area contributed by atoms with Crippen molar-refractivity contribution in [3.63, 3.8) is 0 Å². The molecule has 1 N–H and O–H groups in total. The number of nitrogens with zero attached hydrogens (tertiary/aromatic N) is 1. The van der Waals surface area contributed by atoms with Crippen LogP contribution < -0.4 is 5.32 Å². The third kappa shape index (κ3) is 1.89. The van der Waals surface area contributed by atoms with Gasteiger partial charge >= 0.3 is 0 Å². The number of rotatable bonds is 4. The van der Waals surface area contributed by atoms with E-state index in [1.165, 1.54) is 5.56 Å². The average Bonchev–Trinajstić information content (AvgIpc) is 2.72. The van der Waals surface area contributed by atoms with Crippen molar-refractivity contribution in [2.75, 3.05) is 6.54 Å². The summed E-state index contributed by atoms with van der Waals surface area (Å²) in [6, 6.07) is 4.82. The second-order valence-corrected chi connectivity index (χ2v) is 6.28. The normalized spacial score (nSPS) is 30.6. The highest BCUT2D eigenvalue weighted by Gasteiger charge is 2.67. The predicted octanol–water partition coefficient (Wildman–Crippen LogP) is 2.99. The van der Waals surface area contributed by atoms with E-state index >= 15 is 0 Å². The van der Waals surface area contributed by atoms with Crippen molar-refractivity contribution in [1.82, 2.24) is 10.3 Å². The van der Waals surface area contributed by atoms with Crippen LogP contribution in [0, 0.1) is 11.3 Å². The van der Waals surface area contributed by atoms with Gasteiger partial charge in [-0.3, -0.25) is 4.98 Å². The van der Waals surface area contributed by atoms with Gasteiger partial charge in [0.2, 0.25) is 0 Å². The average molecular weight is 232 g/mol. The minimum absolute atomic E-state index is 0.267. The number of aromatic nitrogens is 1. The van der Waals surface area contributed by atoms with E-state index in [9.17, 15) is 0 Å². The van der Waals surface area contributed by atoms with E-state index in [0.717, 1.165) is 6.54 Å². The zero-order valence-corrected chi connectivity index (χ0v) is 11.6. The first-order valence-corrected chi connectivity index (χ1v) is 6.54. The molecule has 1 aliphatic carbocycles. The highest BCUT2D eigenvalue weighted by Crippen LogP contribution is 2.68. The first-order chi connectivity index (χ1) is 7.90. The number of hydrogen-bond donors (Lipinski definition) is 1. The van der Waals surface area contributed by atoms with E-state index in [2.05, 4.69) is 51.0 Å². The maximum absolute atomic E-state index is 4.27. The fourth-order valence-corrected chi connectivity index (χ4v) is 3.16. The molecule has 0 radical (unpaired) electrons. The number of hydrogen-bond acceptors (Lipinski definition) is 2. The summed E-state index contributed by atoms with van der Waals surface area (Å²) in [6.45, 7) is 12.6. The Kier molecular flexibility index (Phi) is 3.03. The van der Waals surface area contributed by atoms with Gasteiger partial charge in [-0.15, -0.1) is 0 Å². The van der Waals surface area contributed by atoms with Gasteiger partial charge in [0.05, 0.1) is 0 Å². The van der Waals surface area contributed by atoms with E-state index in [0.29, 0.717) is 17.4 Å². The summed E-state index contributed by atoms with van der Waals surface area (Å²) in [5.41, 5.74) is 2.00. The summed E-state index contributed by atoms with van der Waals surface area (Å²) in [7, 11) is 0. The molecular weight excluding hydrogens is 208 g/mol. The molecule has 0 spiro atoms. The Labute approximate surface area is 105 Å². The zero-order valence-electron chi connectivity index (χ0n) is 11.6. The molecule has 17 heavy (non-hydrogen) atoms. The van der Waals surface area contributed by atoms with E-state index in [4.69, 9.17) is 0 Å². The Morgan fingerprint density at radius 3 is 2.59 bits per heavy atom. The minimum Gasteiger partial charge on any atom is -0.314 e. The van der Waals surface area contributed by atoms with Gasteiger partial charge in [0.25, 0.3) is 0 Å². The van der Waals surface area contributed by atoms with Crippen LogP contribution in [0.4, 0.5) is 0 Å². The van der Waals surface area contributed by atoms with Gasteiger partial charge < -0.3 is 5.32 Å². The fraction of sp³-hybridized carbons (Fsp3) is 0.667. The molecule has 0 aromatic carbocycles. The van der Waals surface area contributed by atoms with Crippen molar-refractivity contribution in [2.24, 2.45) is 11.3 Å². The van der Waals surface area contributed by atoms with Crippen molar-refractivity contribution in [1.29, 1.82) is 0 Å². The van der Waals surface area contributed by atoms with E-state index < -0.39 is 0 Å². The number of nitrogens with one attached hydrogen (secondary N) is 1. The zero-order chi connectivity index (χ0) is 12.7. The van der Waals surface area contributed by atoms with E-state index in [1.54, 1.807) is 0 Å². The lowest BCUT2D eigenvalue weighted by atomic mass is 9.91. The van der Waals surface area contributed by atoms with Crippen molar-refractivity contribution < 1.29 is 0 Å². The van der Waals surface area contributed by atoms with Crippen LogP contribution in [0.1, 0.15) is 40.2 Å². The first-order valence-electron chi connectivity index (χ1n) is 6.54. The molecule has 2 unspecified atom stereocenters. The Morgan fingerprint density at radius 2 is 2.06 bits per heavy atom. The van der Waals surface area contributed by atoms with Crippen LogP contribution in [0.15, 0.2) is 24.5 Å². The van der Waals surface area contributed by atoms with Gasteiger partial charge in [0.15, 0.2) is 0 Å². The molecule has 2 atom stereocenters. The second-order valence-electron chi connectivity index (χ2n) is 6.28. The molecule has 0 aliphatic heterocycles. The smallest absolute Gasteiger partial charge is 0.0305 e. The molecule has 2 nitrogen and oxygen atoms in total. The maximum Gasteiger partial charge on any atom is 0.0305 e. The Morgan fingerprint density at radius 1 is 1.35 bits per heavy atom. The third-order valence-electron chi connectivity index (χ3n) is 4.81. The third-order valence-corrected chi connectivity index (χ3v) is 4.81. The fourth-order valence-electron chi connectivity index (χ4n) is 3.16. The monoisotopic (exact) mass is 232 g/mol. The van der Waals surface area contributed by atoms with Crippen molar-refractivity contribution in [3.8, 4) is 0 Å². The summed E-state index contributed by atoms with van der Waals surface area (Å²) in [5.74, 6) is 0.696. The van der Waals surface area contributed by atoms with Gasteiger partial charge in [-0.05, 0) is 29.5 Å². The predicted molar refractivity (Wildman–Crippen MR) is 72.0 cm³/mol. The van der Waals surface area contributed by atoms with E-state index in [-0.39, 0.29) is 5.41 Å². The standard InChI is InChI=1S/C15H24N2/c1-11(2)17-10-13-14(3,4)15(13,5)12-7-6-8-16-9-12/h6-9,11,13,17H,10H2,1-5H3. The molecule has 94 valence electrons. The first kappa shape index (κ1) is 12.6. The highest BCUT2D eigenvalue weighted by atomic mass is 14.9. The molecule has 0 amide bonds. The largest absolute Gasteiger partial charge is 0.314 e. The molecule has 1 aromatic heterocycles. The summed E-state index contributed by atoms with van der Waals surface area (Å²) in [6.07, 6.45) is 3.88. The van der Waals surface area contributed by atoms with Crippen LogP contribution in [0.25, 0.3) is 0 Å². The second kappa shape index (κ2) is 4.09. The van der Waals surface area contributed by atoms with Gasteiger partial charge in [0, 0.05) is 23.9 Å². The maximum atomic E-state index is 4.27. The highest BCUT2D eigenvalue weighted by molar-refractivity contribution is 5.37. The summed E-state index contributed by atoms with van der Waals surface area (Å²) in [5, 5.41) is 3.57. The van der Waals surface area contributed by atoms with Gasteiger partial charge in [-0.2, -0.15) is 0 Å². The number of pyridine rings is 1. The van der Waals surface area contributed by atoms with Gasteiger partial charge in [0.1, 0.15) is 0 Å².